The minimum atomic E-state index is -0.511. The molecule has 2 heterocycles. The molecule has 4 rings (SSSR count). The van der Waals surface area contributed by atoms with Crippen LogP contribution in [0.5, 0.6) is 5.75 Å². The van der Waals surface area contributed by atoms with Gasteiger partial charge in [0.2, 0.25) is 0 Å². The Labute approximate surface area is 200 Å². The molecule has 10 heteroatoms. The number of nitrogens with zero attached hydrogens (tertiary/aromatic N) is 3. The molecule has 9 nitrogen and oxygen atoms in total. The summed E-state index contributed by atoms with van der Waals surface area (Å²) in [6.07, 6.45) is 0. The highest BCUT2D eigenvalue weighted by Crippen LogP contribution is 2.29. The third kappa shape index (κ3) is 5.37. The lowest BCUT2D eigenvalue weighted by molar-refractivity contribution is -0.386. The van der Waals surface area contributed by atoms with Crippen molar-refractivity contribution in [2.24, 2.45) is 0 Å². The van der Waals surface area contributed by atoms with E-state index in [0.717, 1.165) is 11.1 Å². The number of nitrogens with one attached hydrogen (secondary N) is 1. The molecule has 0 atom stereocenters. The zero-order chi connectivity index (χ0) is 25.1. The number of aromatic nitrogens is 2. The predicted octanol–water partition coefficient (Wildman–Crippen LogP) is 5.33. The zero-order valence-corrected chi connectivity index (χ0v) is 19.4. The van der Waals surface area contributed by atoms with Crippen molar-refractivity contribution in [3.8, 4) is 5.75 Å². The van der Waals surface area contributed by atoms with Crippen LogP contribution < -0.4 is 10.1 Å². The van der Waals surface area contributed by atoms with E-state index in [2.05, 4.69) is 10.4 Å². The lowest BCUT2D eigenvalue weighted by atomic mass is 10.2. The van der Waals surface area contributed by atoms with Crippen LogP contribution in [0.2, 0.25) is 0 Å². The molecule has 0 unspecified atom stereocenters. The van der Waals surface area contributed by atoms with Gasteiger partial charge in [0.25, 0.3) is 5.91 Å². The maximum atomic E-state index is 13.5. The van der Waals surface area contributed by atoms with E-state index >= 15 is 0 Å². The van der Waals surface area contributed by atoms with Crippen LogP contribution >= 0.6 is 0 Å². The van der Waals surface area contributed by atoms with Gasteiger partial charge in [0.15, 0.2) is 11.5 Å². The first kappa shape index (κ1) is 23.7. The number of hydrogen-bond acceptors (Lipinski definition) is 6. The summed E-state index contributed by atoms with van der Waals surface area (Å²) >= 11 is 0. The van der Waals surface area contributed by atoms with E-state index in [0.29, 0.717) is 29.4 Å². The molecule has 0 fully saturated rings. The van der Waals surface area contributed by atoms with Crippen molar-refractivity contribution >= 4 is 17.3 Å². The highest BCUT2D eigenvalue weighted by Gasteiger charge is 2.19. The van der Waals surface area contributed by atoms with E-state index in [1.807, 2.05) is 6.92 Å². The number of benzene rings is 2. The number of carbonyl (C=O) groups excluding carboxylic acids is 1. The first-order chi connectivity index (χ1) is 16.7. The fourth-order valence-corrected chi connectivity index (χ4v) is 3.63. The molecule has 0 radical (unpaired) electrons. The number of rotatable bonds is 8. The first-order valence-electron chi connectivity index (χ1n) is 10.8. The highest BCUT2D eigenvalue weighted by atomic mass is 19.1. The van der Waals surface area contributed by atoms with Gasteiger partial charge in [0, 0.05) is 6.07 Å². The Morgan fingerprint density at radius 2 is 1.97 bits per heavy atom. The molecule has 35 heavy (non-hydrogen) atoms. The topological polar surface area (TPSA) is 112 Å². The molecule has 0 aliphatic heterocycles. The second-order valence-corrected chi connectivity index (χ2v) is 8.07. The summed E-state index contributed by atoms with van der Waals surface area (Å²) in [5.41, 5.74) is 3.20. The van der Waals surface area contributed by atoms with Crippen molar-refractivity contribution in [1.82, 2.24) is 9.78 Å². The smallest absolute Gasteiger partial charge is 0.311 e. The van der Waals surface area contributed by atoms with Crippen molar-refractivity contribution in [3.63, 3.8) is 0 Å². The Balaban J connectivity index is 1.43. The molecule has 1 amide bonds. The lowest BCUT2D eigenvalue weighted by Gasteiger charge is -2.07. The molecule has 180 valence electrons. The number of nitro groups is 1. The monoisotopic (exact) mass is 478 g/mol. The number of anilines is 1. The summed E-state index contributed by atoms with van der Waals surface area (Å²) in [7, 11) is 0. The van der Waals surface area contributed by atoms with Crippen molar-refractivity contribution in [3.05, 3.63) is 105 Å². The number of nitro benzene ring substituents is 1. The summed E-state index contributed by atoms with van der Waals surface area (Å²) in [5, 5.41) is 18.5. The van der Waals surface area contributed by atoms with Gasteiger partial charge in [-0.25, -0.2) is 4.39 Å². The molecular formula is C25H23FN4O5. The van der Waals surface area contributed by atoms with Crippen LogP contribution in [0.25, 0.3) is 0 Å². The Hall–Kier alpha value is -4.47. The second-order valence-electron chi connectivity index (χ2n) is 8.07. The third-order valence-electron chi connectivity index (χ3n) is 5.41. The van der Waals surface area contributed by atoms with Gasteiger partial charge in [0.1, 0.15) is 18.2 Å². The Bertz CT molecular complexity index is 1410. The Kier molecular flexibility index (Phi) is 6.63. The van der Waals surface area contributed by atoms with E-state index in [1.165, 1.54) is 30.3 Å². The molecule has 0 aliphatic rings. The second kappa shape index (κ2) is 9.80. The van der Waals surface area contributed by atoms with Gasteiger partial charge in [0.05, 0.1) is 28.5 Å². The minimum Gasteiger partial charge on any atom is -0.479 e. The average Bonchev–Trinajstić information content (AvgIpc) is 3.39. The van der Waals surface area contributed by atoms with Crippen LogP contribution in [0, 0.1) is 36.7 Å². The van der Waals surface area contributed by atoms with Crippen LogP contribution in [0.15, 0.2) is 59.0 Å². The number of carbonyl (C=O) groups is 1. The molecule has 0 saturated heterocycles. The van der Waals surface area contributed by atoms with E-state index < -0.39 is 10.8 Å². The molecule has 0 saturated carbocycles. The van der Waals surface area contributed by atoms with Crippen molar-refractivity contribution in [2.45, 2.75) is 33.9 Å². The molecule has 2 aromatic carbocycles. The van der Waals surface area contributed by atoms with Crippen molar-refractivity contribution < 1.29 is 23.3 Å². The largest absolute Gasteiger partial charge is 0.479 e. The maximum absolute atomic E-state index is 13.5. The number of ether oxygens (including phenoxy) is 1. The molecule has 4 aromatic rings. The van der Waals surface area contributed by atoms with Gasteiger partial charge in [-0.1, -0.05) is 18.2 Å². The number of aryl methyl sites for hydroxylation is 2. The van der Waals surface area contributed by atoms with Gasteiger partial charge in [-0.05, 0) is 62.2 Å². The van der Waals surface area contributed by atoms with Crippen LogP contribution in [0.3, 0.4) is 0 Å². The maximum Gasteiger partial charge on any atom is 0.311 e. The molecule has 0 spiro atoms. The summed E-state index contributed by atoms with van der Waals surface area (Å²) in [5.74, 6) is -0.305. The van der Waals surface area contributed by atoms with Gasteiger partial charge < -0.3 is 14.5 Å². The zero-order valence-electron chi connectivity index (χ0n) is 19.4. The van der Waals surface area contributed by atoms with Crippen molar-refractivity contribution in [1.29, 1.82) is 0 Å². The Morgan fingerprint density at radius 1 is 1.17 bits per heavy atom. The predicted molar refractivity (Wildman–Crippen MR) is 126 cm³/mol. The quantitative estimate of drug-likeness (QED) is 0.271. The van der Waals surface area contributed by atoms with Crippen LogP contribution in [-0.2, 0) is 13.2 Å². The number of halogens is 1. The molecule has 0 bridgehead atoms. The standard InChI is InChI=1S/C25H23FN4O5/c1-15-7-9-22(21(11-15)30(32)33)34-14-20-8-10-23(35-20)25(31)27-24-16(2)28-29(17(24)3)13-18-5-4-6-19(26)12-18/h4-12H,13-14H2,1-3H3,(H,27,31). The molecule has 0 aliphatic carbocycles. The van der Waals surface area contributed by atoms with E-state index in [-0.39, 0.29) is 29.6 Å². The molecule has 1 N–H and O–H groups in total. The van der Waals surface area contributed by atoms with E-state index in [1.54, 1.807) is 42.8 Å². The van der Waals surface area contributed by atoms with Crippen molar-refractivity contribution in [2.75, 3.05) is 5.32 Å². The van der Waals surface area contributed by atoms with E-state index in [4.69, 9.17) is 9.15 Å². The fraction of sp³-hybridized carbons (Fsp3) is 0.200. The number of furan rings is 1. The van der Waals surface area contributed by atoms with Gasteiger partial charge in [-0.3, -0.25) is 19.6 Å². The average molecular weight is 478 g/mol. The van der Waals surface area contributed by atoms with Crippen LogP contribution in [-0.4, -0.2) is 20.6 Å². The molecule has 2 aromatic heterocycles. The van der Waals surface area contributed by atoms with Crippen LogP contribution in [0.1, 0.15) is 38.8 Å². The number of hydrogen-bond donors (Lipinski definition) is 1. The summed E-state index contributed by atoms with van der Waals surface area (Å²) < 4.78 is 26.3. The summed E-state index contributed by atoms with van der Waals surface area (Å²) in [6.45, 7) is 5.60. The normalized spacial score (nSPS) is 10.9. The molecular weight excluding hydrogens is 455 g/mol. The van der Waals surface area contributed by atoms with E-state index in [9.17, 15) is 19.3 Å². The highest BCUT2D eigenvalue weighted by molar-refractivity contribution is 6.02. The first-order valence-corrected chi connectivity index (χ1v) is 10.8. The van der Waals surface area contributed by atoms with Crippen LogP contribution in [0.4, 0.5) is 15.8 Å². The Morgan fingerprint density at radius 3 is 2.71 bits per heavy atom. The third-order valence-corrected chi connectivity index (χ3v) is 5.41. The van der Waals surface area contributed by atoms with Gasteiger partial charge >= 0.3 is 5.69 Å². The fourth-order valence-electron chi connectivity index (χ4n) is 3.63. The number of amides is 1. The lowest BCUT2D eigenvalue weighted by Crippen LogP contribution is -2.12. The SMILES string of the molecule is Cc1ccc(OCc2ccc(C(=O)Nc3c(C)nn(Cc4cccc(F)c4)c3C)o2)c([N+](=O)[O-])c1. The van der Waals surface area contributed by atoms with Gasteiger partial charge in [-0.2, -0.15) is 5.10 Å². The summed E-state index contributed by atoms with van der Waals surface area (Å²) in [4.78, 5) is 23.5. The minimum absolute atomic E-state index is 0.0543. The summed E-state index contributed by atoms with van der Waals surface area (Å²) in [6, 6.07) is 14.0. The van der Waals surface area contributed by atoms with Gasteiger partial charge in [-0.15, -0.1) is 0 Å².